The molecule has 0 rings (SSSR count). The standard InChI is InChI=1S/C9H15O4.C4H9N.W/c10-5-8-12-6-3-1-2-4-7-13-9-11;1-3-5-4-2;/h1-2,10H,3-8H2;5H,1-4H2;/q-1;-2;/b2-1-;;. The summed E-state index contributed by atoms with van der Waals surface area (Å²) >= 11 is 0. The van der Waals surface area contributed by atoms with Gasteiger partial charge in [0.2, 0.25) is 0 Å². The van der Waals surface area contributed by atoms with Crippen LogP contribution in [0.2, 0.25) is 0 Å². The van der Waals surface area contributed by atoms with Gasteiger partial charge in [-0.05, 0) is 12.8 Å². The van der Waals surface area contributed by atoms with Crippen molar-refractivity contribution in [2.45, 2.75) is 12.8 Å². The van der Waals surface area contributed by atoms with E-state index in [1.165, 1.54) is 6.47 Å². The molecule has 0 aromatic heterocycles. The fourth-order valence-corrected chi connectivity index (χ4v) is 0.847. The van der Waals surface area contributed by atoms with Crippen LogP contribution in [0.25, 0.3) is 0 Å². The normalized spacial score (nSPS) is 9.42. The predicted octanol–water partition coefficient (Wildman–Crippen LogP) is 0.657. The number of aliphatic hydroxyl groups excluding tert-OH is 1. The summed E-state index contributed by atoms with van der Waals surface area (Å²) in [6.45, 7) is 11.4. The molecule has 0 saturated carbocycles. The van der Waals surface area contributed by atoms with E-state index >= 15 is 0 Å². The molecule has 5 nitrogen and oxygen atoms in total. The zero-order valence-electron chi connectivity index (χ0n) is 11.3. The van der Waals surface area contributed by atoms with Crippen molar-refractivity contribution in [2.75, 3.05) is 39.5 Å². The number of nitrogens with one attached hydrogen (secondary N) is 1. The van der Waals surface area contributed by atoms with E-state index in [9.17, 15) is 4.79 Å². The average molecular weight is 442 g/mol. The second-order valence-corrected chi connectivity index (χ2v) is 3.07. The van der Waals surface area contributed by atoms with Crippen LogP contribution in [0.1, 0.15) is 12.8 Å². The van der Waals surface area contributed by atoms with Crippen molar-refractivity contribution in [1.82, 2.24) is 5.32 Å². The first-order valence-corrected chi connectivity index (χ1v) is 5.95. The molecule has 0 aromatic carbocycles. The Hall–Kier alpha value is -0.222. The number of hydrogen-bond donors (Lipinski definition) is 2. The minimum Gasteiger partial charge on any atom is -0.652 e. The van der Waals surface area contributed by atoms with Gasteiger partial charge < -0.3 is 38.5 Å². The van der Waals surface area contributed by atoms with Crippen LogP contribution in [0.3, 0.4) is 0 Å². The molecule has 0 unspecified atom stereocenters. The predicted molar refractivity (Wildman–Crippen MR) is 71.5 cm³/mol. The van der Waals surface area contributed by atoms with Gasteiger partial charge in [-0.2, -0.15) is 0 Å². The molecule has 0 radical (unpaired) electrons. The van der Waals surface area contributed by atoms with Crippen molar-refractivity contribution < 1.29 is 40.4 Å². The maximum Gasteiger partial charge on any atom is 0.0697 e. The fraction of sp³-hybridized carbons (Fsp3) is 0.615. The van der Waals surface area contributed by atoms with Gasteiger partial charge in [0.05, 0.1) is 26.4 Å². The molecule has 0 aliphatic rings. The average Bonchev–Trinajstić information content (AvgIpc) is 2.39. The molecular formula is C13H24NO4W-3. The number of carbonyl (C=O) groups excluding carboxylic acids is 1. The molecule has 0 heterocycles. The molecular weight excluding hydrogens is 418 g/mol. The van der Waals surface area contributed by atoms with E-state index in [2.05, 4.69) is 23.9 Å². The maximum atomic E-state index is 9.60. The van der Waals surface area contributed by atoms with Crippen molar-refractivity contribution in [3.8, 4) is 0 Å². The van der Waals surface area contributed by atoms with Gasteiger partial charge >= 0.3 is 0 Å². The van der Waals surface area contributed by atoms with Crippen LogP contribution in [0.5, 0.6) is 0 Å². The summed E-state index contributed by atoms with van der Waals surface area (Å²) in [5.74, 6) is 0. The molecule has 0 fully saturated rings. The summed E-state index contributed by atoms with van der Waals surface area (Å²) in [6.07, 6.45) is 5.38. The number of hydrogen-bond acceptors (Lipinski definition) is 5. The number of ether oxygens (including phenoxy) is 2. The molecule has 0 aliphatic carbocycles. The third kappa shape index (κ3) is 31.9. The molecule has 0 atom stereocenters. The Morgan fingerprint density at radius 1 is 1.11 bits per heavy atom. The summed E-state index contributed by atoms with van der Waals surface area (Å²) in [5, 5.41) is 11.3. The van der Waals surface area contributed by atoms with E-state index in [0.717, 1.165) is 19.5 Å². The molecule has 114 valence electrons. The second-order valence-electron chi connectivity index (χ2n) is 3.07. The molecule has 0 saturated heterocycles. The van der Waals surface area contributed by atoms with Gasteiger partial charge in [-0.15, -0.1) is 13.1 Å². The van der Waals surface area contributed by atoms with Crippen molar-refractivity contribution in [3.05, 3.63) is 26.0 Å². The van der Waals surface area contributed by atoms with Gasteiger partial charge in [-0.25, -0.2) is 0 Å². The van der Waals surface area contributed by atoms with E-state index < -0.39 is 0 Å². The summed E-state index contributed by atoms with van der Waals surface area (Å²) < 4.78 is 9.37. The molecule has 2 N–H and O–H groups in total. The zero-order valence-corrected chi connectivity index (χ0v) is 14.2. The van der Waals surface area contributed by atoms with Gasteiger partial charge in [-0.1, -0.05) is 18.6 Å². The third-order valence-corrected chi connectivity index (χ3v) is 1.63. The van der Waals surface area contributed by atoms with Gasteiger partial charge in [0.1, 0.15) is 0 Å². The van der Waals surface area contributed by atoms with Crippen LogP contribution in [0.15, 0.2) is 12.2 Å². The number of aliphatic hydroxyl groups is 1. The summed E-state index contributed by atoms with van der Waals surface area (Å²) in [7, 11) is 0. The first-order valence-electron chi connectivity index (χ1n) is 5.95. The van der Waals surface area contributed by atoms with E-state index in [-0.39, 0.29) is 27.7 Å². The van der Waals surface area contributed by atoms with E-state index in [1.54, 1.807) is 0 Å². The van der Waals surface area contributed by atoms with Crippen molar-refractivity contribution in [1.29, 1.82) is 0 Å². The summed E-state index contributed by atoms with van der Waals surface area (Å²) in [4.78, 5) is 9.60. The largest absolute Gasteiger partial charge is 0.652 e. The molecule has 19 heavy (non-hydrogen) atoms. The van der Waals surface area contributed by atoms with Crippen molar-refractivity contribution in [2.24, 2.45) is 0 Å². The minimum atomic E-state index is 0. The molecule has 6 heteroatoms. The van der Waals surface area contributed by atoms with E-state index in [1.807, 2.05) is 12.2 Å². The SMILES string of the molecule is O=[C-]OCC/C=C\CCOCCO.[CH2-]CNC[CH2-].[W]. The van der Waals surface area contributed by atoms with Crippen molar-refractivity contribution >= 4 is 6.47 Å². The Morgan fingerprint density at radius 2 is 1.68 bits per heavy atom. The maximum absolute atomic E-state index is 9.60. The molecule has 0 bridgehead atoms. The molecule has 0 aliphatic heterocycles. The van der Waals surface area contributed by atoms with Crippen LogP contribution >= 0.6 is 0 Å². The quantitative estimate of drug-likeness (QED) is 0.280. The van der Waals surface area contributed by atoms with Crippen molar-refractivity contribution in [3.63, 3.8) is 0 Å². The molecule has 0 amide bonds. The molecule has 0 spiro atoms. The summed E-state index contributed by atoms with van der Waals surface area (Å²) in [6, 6.07) is 0. The van der Waals surface area contributed by atoms with Crippen LogP contribution in [-0.2, 0) is 35.3 Å². The Bertz CT molecular complexity index is 178. The van der Waals surface area contributed by atoms with Gasteiger partial charge in [0, 0.05) is 21.1 Å². The first kappa shape index (κ1) is 23.8. The number of rotatable bonds is 11. The van der Waals surface area contributed by atoms with E-state index in [0.29, 0.717) is 26.2 Å². The van der Waals surface area contributed by atoms with Gasteiger partial charge in [0.25, 0.3) is 0 Å². The zero-order chi connectivity index (χ0) is 13.9. The summed E-state index contributed by atoms with van der Waals surface area (Å²) in [5.41, 5.74) is 0. The third-order valence-electron chi connectivity index (χ3n) is 1.63. The van der Waals surface area contributed by atoms with Crippen LogP contribution in [-0.4, -0.2) is 51.1 Å². The Labute approximate surface area is 131 Å². The van der Waals surface area contributed by atoms with Crippen LogP contribution in [0.4, 0.5) is 0 Å². The Balaban J connectivity index is -0.000000366. The van der Waals surface area contributed by atoms with Gasteiger partial charge in [0.15, 0.2) is 0 Å². The minimum absolute atomic E-state index is 0. The van der Waals surface area contributed by atoms with Gasteiger partial charge in [-0.3, -0.25) is 0 Å². The fourth-order valence-electron chi connectivity index (χ4n) is 0.847. The monoisotopic (exact) mass is 442 g/mol. The molecule has 0 aromatic rings. The Kier molecular flexibility index (Phi) is 33.1. The smallest absolute Gasteiger partial charge is 0.0697 e. The topological polar surface area (TPSA) is 67.8 Å². The van der Waals surface area contributed by atoms with Crippen LogP contribution < -0.4 is 5.32 Å². The Morgan fingerprint density at radius 3 is 2.11 bits per heavy atom. The van der Waals surface area contributed by atoms with E-state index in [4.69, 9.17) is 9.84 Å². The first-order chi connectivity index (χ1) is 8.83. The van der Waals surface area contributed by atoms with Crippen LogP contribution in [0, 0.1) is 13.8 Å². The second kappa shape index (κ2) is 26.4.